The number of aromatic nitrogens is 1. The number of hydrogen-bond donors (Lipinski definition) is 1. The SMILES string of the molecule is Cc1cc(-c2cc(O[Si](C)(C)C(C)(C)C)ccc2F)c(C#N)c(=O)[nH]1. The lowest BCUT2D eigenvalue weighted by Crippen LogP contribution is -2.43. The lowest BCUT2D eigenvalue weighted by Gasteiger charge is -2.36. The van der Waals surface area contributed by atoms with Crippen molar-refractivity contribution in [3.63, 3.8) is 0 Å². The smallest absolute Gasteiger partial charge is 0.266 e. The Labute approximate surface area is 148 Å². The zero-order chi connectivity index (χ0) is 19.0. The van der Waals surface area contributed by atoms with Gasteiger partial charge in [-0.3, -0.25) is 4.79 Å². The van der Waals surface area contributed by atoms with Gasteiger partial charge in [0.25, 0.3) is 5.56 Å². The summed E-state index contributed by atoms with van der Waals surface area (Å²) in [6, 6.07) is 7.95. The third-order valence-corrected chi connectivity index (χ3v) is 9.05. The highest BCUT2D eigenvalue weighted by Crippen LogP contribution is 2.38. The number of hydrogen-bond acceptors (Lipinski definition) is 3. The van der Waals surface area contributed by atoms with Gasteiger partial charge in [-0.2, -0.15) is 5.26 Å². The van der Waals surface area contributed by atoms with Gasteiger partial charge in [-0.05, 0) is 49.3 Å². The molecule has 0 aliphatic rings. The summed E-state index contributed by atoms with van der Waals surface area (Å²) in [7, 11) is -2.09. The van der Waals surface area contributed by atoms with Crippen molar-refractivity contribution in [2.24, 2.45) is 0 Å². The van der Waals surface area contributed by atoms with E-state index in [1.165, 1.54) is 6.07 Å². The van der Waals surface area contributed by atoms with E-state index in [4.69, 9.17) is 4.43 Å². The van der Waals surface area contributed by atoms with Gasteiger partial charge in [0, 0.05) is 16.8 Å². The predicted octanol–water partition coefficient (Wildman–Crippen LogP) is 4.75. The Morgan fingerprint density at radius 3 is 2.40 bits per heavy atom. The first-order valence-electron chi connectivity index (χ1n) is 8.09. The lowest BCUT2D eigenvalue weighted by molar-refractivity contribution is 0.491. The van der Waals surface area contributed by atoms with Crippen molar-refractivity contribution in [3.8, 4) is 22.9 Å². The molecule has 4 nitrogen and oxygen atoms in total. The Balaban J connectivity index is 2.60. The molecule has 0 atom stereocenters. The van der Waals surface area contributed by atoms with Gasteiger partial charge in [0.1, 0.15) is 23.2 Å². The van der Waals surface area contributed by atoms with Crippen molar-refractivity contribution < 1.29 is 8.82 Å². The van der Waals surface area contributed by atoms with Crippen LogP contribution in [0.5, 0.6) is 5.75 Å². The summed E-state index contributed by atoms with van der Waals surface area (Å²) in [5, 5.41) is 9.29. The zero-order valence-electron chi connectivity index (χ0n) is 15.5. The Morgan fingerprint density at radius 1 is 1.20 bits per heavy atom. The molecule has 0 fully saturated rings. The second kappa shape index (κ2) is 6.49. The minimum atomic E-state index is -2.09. The van der Waals surface area contributed by atoms with Crippen molar-refractivity contribution in [1.29, 1.82) is 5.26 Å². The van der Waals surface area contributed by atoms with Gasteiger partial charge in [-0.1, -0.05) is 20.8 Å². The fourth-order valence-electron chi connectivity index (χ4n) is 2.23. The summed E-state index contributed by atoms with van der Waals surface area (Å²) in [5.41, 5.74) is 0.416. The van der Waals surface area contributed by atoms with E-state index in [-0.39, 0.29) is 21.7 Å². The highest BCUT2D eigenvalue weighted by atomic mass is 28.4. The van der Waals surface area contributed by atoms with Gasteiger partial charge in [0.05, 0.1) is 0 Å². The second-order valence-electron chi connectivity index (χ2n) is 7.69. The van der Waals surface area contributed by atoms with Gasteiger partial charge in [-0.25, -0.2) is 4.39 Å². The summed E-state index contributed by atoms with van der Waals surface area (Å²) >= 11 is 0. The molecular formula is C19H23FN2O2Si. The first-order chi connectivity index (χ1) is 11.5. The Kier molecular flexibility index (Phi) is 4.91. The van der Waals surface area contributed by atoms with E-state index in [1.807, 2.05) is 6.07 Å². The van der Waals surface area contributed by atoms with Crippen LogP contribution in [0.15, 0.2) is 29.1 Å². The number of aromatic amines is 1. The molecule has 2 rings (SSSR count). The normalized spacial score (nSPS) is 11.9. The quantitative estimate of drug-likeness (QED) is 0.806. The van der Waals surface area contributed by atoms with Crippen LogP contribution in [0.1, 0.15) is 32.0 Å². The molecule has 1 aromatic heterocycles. The third kappa shape index (κ3) is 3.82. The minimum Gasteiger partial charge on any atom is -0.543 e. The summed E-state index contributed by atoms with van der Waals surface area (Å²) < 4.78 is 20.7. The van der Waals surface area contributed by atoms with Crippen LogP contribution in [0.4, 0.5) is 4.39 Å². The van der Waals surface area contributed by atoms with Crippen LogP contribution in [0, 0.1) is 24.1 Å². The molecule has 0 radical (unpaired) electrons. The number of halogens is 1. The van der Waals surface area contributed by atoms with Crippen LogP contribution in [-0.2, 0) is 0 Å². The lowest BCUT2D eigenvalue weighted by atomic mass is 10.0. The molecule has 0 saturated heterocycles. The molecule has 132 valence electrons. The molecule has 0 unspecified atom stereocenters. The largest absolute Gasteiger partial charge is 0.543 e. The van der Waals surface area contributed by atoms with Crippen molar-refractivity contribution >= 4 is 8.32 Å². The molecule has 0 bridgehead atoms. The Morgan fingerprint density at radius 2 is 1.84 bits per heavy atom. The Hall–Kier alpha value is -2.39. The maximum absolute atomic E-state index is 14.4. The van der Waals surface area contributed by atoms with Gasteiger partial charge < -0.3 is 9.41 Å². The van der Waals surface area contributed by atoms with Crippen LogP contribution >= 0.6 is 0 Å². The van der Waals surface area contributed by atoms with Crippen LogP contribution in [-0.4, -0.2) is 13.3 Å². The van der Waals surface area contributed by atoms with E-state index in [0.29, 0.717) is 11.4 Å². The Bertz CT molecular complexity index is 905. The van der Waals surface area contributed by atoms with Crippen molar-refractivity contribution in [2.45, 2.75) is 45.8 Å². The number of H-pyrrole nitrogens is 1. The standard InChI is InChI=1S/C19H23FN2O2Si/c1-12-9-14(16(11-21)18(23)22-12)15-10-13(7-8-17(15)20)24-25(5,6)19(2,3)4/h7-10H,1-6H3,(H,22,23). The van der Waals surface area contributed by atoms with Crippen LogP contribution in [0.3, 0.4) is 0 Å². The minimum absolute atomic E-state index is 0.000152. The highest BCUT2D eigenvalue weighted by Gasteiger charge is 2.39. The molecule has 6 heteroatoms. The number of nitrogens with one attached hydrogen (secondary N) is 1. The zero-order valence-corrected chi connectivity index (χ0v) is 16.5. The predicted molar refractivity (Wildman–Crippen MR) is 99.7 cm³/mol. The molecule has 25 heavy (non-hydrogen) atoms. The van der Waals surface area contributed by atoms with E-state index in [9.17, 15) is 14.4 Å². The van der Waals surface area contributed by atoms with Crippen LogP contribution < -0.4 is 9.99 Å². The summed E-state index contributed by atoms with van der Waals surface area (Å²) in [6.07, 6.45) is 0. The monoisotopic (exact) mass is 358 g/mol. The third-order valence-electron chi connectivity index (χ3n) is 4.69. The second-order valence-corrected chi connectivity index (χ2v) is 12.4. The van der Waals surface area contributed by atoms with Crippen molar-refractivity contribution in [2.75, 3.05) is 0 Å². The molecule has 0 aliphatic carbocycles. The average Bonchev–Trinajstić information content (AvgIpc) is 2.47. The summed E-state index contributed by atoms with van der Waals surface area (Å²) in [5.74, 6) is 0.0499. The molecule has 0 aliphatic heterocycles. The van der Waals surface area contributed by atoms with Crippen LogP contribution in [0.2, 0.25) is 18.1 Å². The van der Waals surface area contributed by atoms with Gasteiger partial charge in [0.15, 0.2) is 0 Å². The van der Waals surface area contributed by atoms with Crippen LogP contribution in [0.25, 0.3) is 11.1 Å². The fraction of sp³-hybridized carbons (Fsp3) is 0.368. The number of aryl methyl sites for hydroxylation is 1. The molecule has 1 N–H and O–H groups in total. The maximum atomic E-state index is 14.4. The first kappa shape index (κ1) is 18.9. The molecule has 0 spiro atoms. The van der Waals surface area contributed by atoms with Gasteiger partial charge in [-0.15, -0.1) is 0 Å². The highest BCUT2D eigenvalue weighted by molar-refractivity contribution is 6.74. The van der Waals surface area contributed by atoms with E-state index in [0.717, 1.165) is 0 Å². The molecular weight excluding hydrogens is 335 g/mol. The summed E-state index contributed by atoms with van der Waals surface area (Å²) in [6.45, 7) is 12.3. The van der Waals surface area contributed by atoms with E-state index < -0.39 is 19.7 Å². The van der Waals surface area contributed by atoms with Gasteiger partial charge >= 0.3 is 0 Å². The molecule has 2 aromatic rings. The molecule has 0 amide bonds. The first-order valence-corrected chi connectivity index (χ1v) is 11.0. The van der Waals surface area contributed by atoms with Crippen molar-refractivity contribution in [1.82, 2.24) is 4.98 Å². The summed E-state index contributed by atoms with van der Waals surface area (Å²) in [4.78, 5) is 14.6. The topological polar surface area (TPSA) is 65.9 Å². The maximum Gasteiger partial charge on any atom is 0.266 e. The average molecular weight is 358 g/mol. The number of pyridine rings is 1. The molecule has 0 saturated carbocycles. The number of nitriles is 1. The molecule has 1 aromatic carbocycles. The number of nitrogens with zero attached hydrogens (tertiary/aromatic N) is 1. The van der Waals surface area contributed by atoms with E-state index in [2.05, 4.69) is 38.8 Å². The van der Waals surface area contributed by atoms with Gasteiger partial charge in [0.2, 0.25) is 8.32 Å². The number of rotatable bonds is 3. The van der Waals surface area contributed by atoms with E-state index >= 15 is 0 Å². The van der Waals surface area contributed by atoms with E-state index in [1.54, 1.807) is 25.1 Å². The fourth-order valence-corrected chi connectivity index (χ4v) is 3.26. The van der Waals surface area contributed by atoms with Crippen molar-refractivity contribution in [3.05, 3.63) is 51.7 Å². The molecule has 1 heterocycles. The number of benzene rings is 1.